The monoisotopic (exact) mass is 846 g/mol. The smallest absolute Gasteiger partial charge is 0.408 e. The molecular weight excluding hydrogens is 791 g/mol. The highest BCUT2D eigenvalue weighted by atomic mass is 32.2. The minimum Gasteiger partial charge on any atom is -0.497 e. The molecule has 2 saturated carbocycles. The third-order valence-electron chi connectivity index (χ3n) is 12.5. The maximum atomic E-state index is 15.4. The Morgan fingerprint density at radius 2 is 1.78 bits per heavy atom. The number of alkyl halides is 2. The van der Waals surface area contributed by atoms with Crippen molar-refractivity contribution in [1.82, 2.24) is 24.8 Å². The van der Waals surface area contributed by atoms with Crippen molar-refractivity contribution in [2.45, 2.75) is 120 Å². The lowest BCUT2D eigenvalue weighted by Crippen LogP contribution is -2.66. The Labute approximate surface area is 343 Å². The van der Waals surface area contributed by atoms with Crippen LogP contribution in [0, 0.1) is 17.8 Å². The number of carbonyl (C=O) groups is 4. The molecule has 18 heteroatoms. The van der Waals surface area contributed by atoms with E-state index in [2.05, 4.69) is 10.0 Å². The second-order valence-electron chi connectivity index (χ2n) is 17.6. The highest BCUT2D eigenvalue weighted by Crippen LogP contribution is 2.47. The van der Waals surface area contributed by atoms with Crippen molar-refractivity contribution in [2.24, 2.45) is 17.8 Å². The second kappa shape index (κ2) is 16.0. The summed E-state index contributed by atoms with van der Waals surface area (Å²) >= 11 is 0. The Kier molecular flexibility index (Phi) is 11.9. The summed E-state index contributed by atoms with van der Waals surface area (Å²) in [5.41, 5.74) is -4.03. The summed E-state index contributed by atoms with van der Waals surface area (Å²) in [7, 11) is 1.14. The first kappa shape index (κ1) is 43.8. The number of nitrogens with zero attached hydrogens (tertiary/aromatic N) is 4. The fraction of sp³-hybridized carbons (Fsp3) is 0.634. The van der Waals surface area contributed by atoms with Crippen LogP contribution in [0.25, 0.3) is 10.8 Å². The van der Waals surface area contributed by atoms with Gasteiger partial charge in [-0.1, -0.05) is 26.0 Å². The second-order valence-corrected chi connectivity index (χ2v) is 19.5. The molecule has 2 aliphatic carbocycles. The fourth-order valence-electron chi connectivity index (χ4n) is 8.35. The van der Waals surface area contributed by atoms with E-state index in [0.29, 0.717) is 54.5 Å². The quantitative estimate of drug-likeness (QED) is 0.275. The number of carbonyl (C=O) groups excluding carboxylic acids is 3. The Balaban J connectivity index is 1.44. The molecule has 3 heterocycles. The number of carboxylic acid groups (broad SMARTS) is 1. The SMILES string of the molecule is COc1ccc2c(O[C@@H]3C[C@H]4C(=O)N[C@]5(C(=O)NS(=O)(=O)C6CC6)C[C@H]5C=CCC[C@H](C)C[C@@H](C)[C@H](N(C(=O)O)C(C)(C)C(C)(F)F)C(=O)N4C3)nc(N(C)C)cc2c1. The Morgan fingerprint density at radius 1 is 1.08 bits per heavy atom. The van der Waals surface area contributed by atoms with Gasteiger partial charge in [0.15, 0.2) is 0 Å². The summed E-state index contributed by atoms with van der Waals surface area (Å²) in [6.45, 7) is 6.05. The first-order valence-electron chi connectivity index (χ1n) is 20.1. The molecular formula is C41H56F2N6O9S. The van der Waals surface area contributed by atoms with Gasteiger partial charge >= 0.3 is 6.09 Å². The van der Waals surface area contributed by atoms with Gasteiger partial charge in [0.2, 0.25) is 27.7 Å². The minimum atomic E-state index is -4.00. The van der Waals surface area contributed by atoms with Gasteiger partial charge in [0.25, 0.3) is 11.8 Å². The van der Waals surface area contributed by atoms with E-state index in [1.807, 2.05) is 19.1 Å². The van der Waals surface area contributed by atoms with E-state index in [1.165, 1.54) is 7.11 Å². The first-order chi connectivity index (χ1) is 27.5. The third kappa shape index (κ3) is 8.78. The van der Waals surface area contributed by atoms with Crippen molar-refractivity contribution in [2.75, 3.05) is 32.6 Å². The molecule has 0 bridgehead atoms. The van der Waals surface area contributed by atoms with Crippen LogP contribution in [-0.2, 0) is 24.4 Å². The minimum absolute atomic E-state index is 0.0976. The van der Waals surface area contributed by atoms with Gasteiger partial charge in [0.1, 0.15) is 40.8 Å². The fourth-order valence-corrected chi connectivity index (χ4v) is 9.72. The number of anilines is 1. The number of hydrogen-bond acceptors (Lipinski definition) is 10. The predicted octanol–water partition coefficient (Wildman–Crippen LogP) is 4.94. The average Bonchev–Trinajstić information content (AvgIpc) is 4.07. The van der Waals surface area contributed by atoms with E-state index >= 15 is 13.6 Å². The number of methoxy groups -OCH3 is 1. The normalized spacial score (nSPS) is 28.1. The van der Waals surface area contributed by atoms with Crippen molar-refractivity contribution in [3.8, 4) is 11.6 Å². The molecule has 2 aromatic rings. The van der Waals surface area contributed by atoms with Gasteiger partial charge in [-0.15, -0.1) is 0 Å². The van der Waals surface area contributed by atoms with Gasteiger partial charge in [-0.3, -0.25) is 24.0 Å². The number of hydrogen-bond donors (Lipinski definition) is 3. The van der Waals surface area contributed by atoms with E-state index < -0.39 is 86.1 Å². The van der Waals surface area contributed by atoms with Crippen molar-refractivity contribution in [3.63, 3.8) is 0 Å². The van der Waals surface area contributed by atoms with Crippen LogP contribution in [0.5, 0.6) is 11.6 Å². The molecule has 6 rings (SSSR count). The molecule has 59 heavy (non-hydrogen) atoms. The molecule has 1 aromatic carbocycles. The summed E-state index contributed by atoms with van der Waals surface area (Å²) in [5.74, 6) is -6.31. The van der Waals surface area contributed by atoms with Gasteiger partial charge in [-0.2, -0.15) is 4.98 Å². The molecule has 4 aliphatic rings. The predicted molar refractivity (Wildman–Crippen MR) is 216 cm³/mol. The van der Waals surface area contributed by atoms with Crippen LogP contribution >= 0.6 is 0 Å². The number of ether oxygens (including phenoxy) is 2. The van der Waals surface area contributed by atoms with E-state index in [9.17, 15) is 27.9 Å². The van der Waals surface area contributed by atoms with Crippen LogP contribution in [0.1, 0.15) is 79.6 Å². The number of allylic oxidation sites excluding steroid dienone is 1. The van der Waals surface area contributed by atoms with Crippen molar-refractivity contribution in [3.05, 3.63) is 36.4 Å². The molecule has 15 nitrogen and oxygen atoms in total. The van der Waals surface area contributed by atoms with Gasteiger partial charge in [-0.05, 0) is 93.9 Å². The van der Waals surface area contributed by atoms with Crippen molar-refractivity contribution in [1.29, 1.82) is 0 Å². The van der Waals surface area contributed by atoms with Crippen LogP contribution in [0.3, 0.4) is 0 Å². The molecule has 7 atom stereocenters. The topological polar surface area (TPSA) is 188 Å². The third-order valence-corrected chi connectivity index (χ3v) is 14.3. The molecule has 0 radical (unpaired) electrons. The van der Waals surface area contributed by atoms with Gasteiger partial charge < -0.3 is 29.7 Å². The molecule has 3 fully saturated rings. The van der Waals surface area contributed by atoms with Crippen molar-refractivity contribution >= 4 is 50.4 Å². The molecule has 0 spiro atoms. The Bertz CT molecular complexity index is 2120. The average molecular weight is 847 g/mol. The largest absolute Gasteiger partial charge is 0.497 e. The van der Waals surface area contributed by atoms with Gasteiger partial charge in [0, 0.05) is 38.7 Å². The lowest BCUT2D eigenvalue weighted by Gasteiger charge is -2.47. The summed E-state index contributed by atoms with van der Waals surface area (Å²) in [6.07, 6.45) is 3.14. The number of nitrogens with one attached hydrogen (secondary N) is 2. The highest BCUT2D eigenvalue weighted by Gasteiger charge is 2.62. The number of amides is 4. The summed E-state index contributed by atoms with van der Waals surface area (Å²) in [4.78, 5) is 65.0. The lowest BCUT2D eigenvalue weighted by molar-refractivity contribution is -0.156. The summed E-state index contributed by atoms with van der Waals surface area (Å²) < 4.78 is 70.8. The van der Waals surface area contributed by atoms with Crippen LogP contribution in [0.15, 0.2) is 36.4 Å². The molecule has 1 saturated heterocycles. The summed E-state index contributed by atoms with van der Waals surface area (Å²) in [5, 5.41) is 14.1. The number of rotatable bonds is 10. The van der Waals surface area contributed by atoms with Crippen LogP contribution in [0.2, 0.25) is 0 Å². The number of sulfonamides is 1. The highest BCUT2D eigenvalue weighted by molar-refractivity contribution is 7.91. The van der Waals surface area contributed by atoms with Gasteiger partial charge in [0.05, 0.1) is 18.9 Å². The first-order valence-corrected chi connectivity index (χ1v) is 21.6. The molecule has 4 amide bonds. The van der Waals surface area contributed by atoms with Crippen LogP contribution in [0.4, 0.5) is 19.4 Å². The van der Waals surface area contributed by atoms with E-state index in [4.69, 9.17) is 14.5 Å². The number of halogens is 2. The zero-order valence-electron chi connectivity index (χ0n) is 34.8. The standard InChI is InChI=1S/C41H56F2N6O9S/c1-23-11-9-10-12-26-21-41(26,37(52)46-59(55,56)29-14-15-29)45-34(50)31-20-28(58-35-30-16-13-27(57-8)18-25(30)19-32(44-35)47(6)7)22-48(31)36(51)33(24(2)17-23)49(38(53)54)39(3,4)40(5,42)43/h10,12-13,16,18-19,23-24,26,28-29,31,33H,9,11,14-15,17,20-22H2,1-8H3,(H,45,50)(H,46,52)(H,53,54)/t23-,24+,26+,28+,31-,33-,41+/m0/s1. The Hall–Kier alpha value is -4.74. The maximum absolute atomic E-state index is 15.4. The van der Waals surface area contributed by atoms with Crippen LogP contribution < -0.4 is 24.4 Å². The molecule has 324 valence electrons. The van der Waals surface area contributed by atoms with E-state index in [0.717, 1.165) is 24.1 Å². The van der Waals surface area contributed by atoms with Gasteiger partial charge in [-0.25, -0.2) is 22.0 Å². The van der Waals surface area contributed by atoms with Crippen molar-refractivity contribution < 1.29 is 51.0 Å². The molecule has 2 aliphatic heterocycles. The van der Waals surface area contributed by atoms with E-state index in [-0.39, 0.29) is 37.6 Å². The van der Waals surface area contributed by atoms with Crippen LogP contribution in [-0.4, -0.2) is 120 Å². The zero-order valence-corrected chi connectivity index (χ0v) is 35.6. The molecule has 0 unspecified atom stereocenters. The number of fused-ring (bicyclic) bond motifs is 3. The maximum Gasteiger partial charge on any atom is 0.408 e. The number of pyridine rings is 1. The summed E-state index contributed by atoms with van der Waals surface area (Å²) in [6, 6.07) is 4.09. The van der Waals surface area contributed by atoms with E-state index in [1.54, 1.807) is 50.2 Å². The zero-order chi connectivity index (χ0) is 43.4. The number of aromatic nitrogens is 1. The Morgan fingerprint density at radius 3 is 2.39 bits per heavy atom. The number of benzene rings is 1. The lowest BCUT2D eigenvalue weighted by atomic mass is 9.84. The molecule has 3 N–H and O–H groups in total. The molecule has 1 aromatic heterocycles.